The summed E-state index contributed by atoms with van der Waals surface area (Å²) < 4.78 is 0.659. The van der Waals surface area contributed by atoms with E-state index >= 15 is 0 Å². The molecule has 2 heterocycles. The molecule has 1 N–H and O–H groups in total. The molecular formula is C19H19BrN4O. The summed E-state index contributed by atoms with van der Waals surface area (Å²) in [5, 5.41) is 2.46. The van der Waals surface area contributed by atoms with Crippen molar-refractivity contribution in [1.29, 1.82) is 0 Å². The molecule has 128 valence electrons. The van der Waals surface area contributed by atoms with Gasteiger partial charge in [-0.05, 0) is 57.7 Å². The Bertz CT molecular complexity index is 965. The van der Waals surface area contributed by atoms with Crippen LogP contribution in [0.5, 0.6) is 0 Å². The number of aryl methyl sites for hydroxylation is 1. The molecule has 6 heteroatoms. The fourth-order valence-corrected chi connectivity index (χ4v) is 3.85. The quantitative estimate of drug-likeness (QED) is 0.700. The van der Waals surface area contributed by atoms with E-state index in [0.717, 1.165) is 17.1 Å². The zero-order valence-electron chi connectivity index (χ0n) is 14.2. The number of rotatable bonds is 3. The summed E-state index contributed by atoms with van der Waals surface area (Å²) in [6.07, 6.45) is 0. The number of amides is 2. The zero-order valence-corrected chi connectivity index (χ0v) is 15.8. The normalized spacial score (nSPS) is 14.3. The van der Waals surface area contributed by atoms with Crippen LogP contribution < -0.4 is 4.90 Å². The van der Waals surface area contributed by atoms with Gasteiger partial charge in [0.15, 0.2) is 10.6 Å². The van der Waals surface area contributed by atoms with Crippen molar-refractivity contribution < 1.29 is 4.79 Å². The topological polar surface area (TPSA) is 52.2 Å². The standard InChI is InChI=1S/C19H19BrN4O/c1-3-24-17-16(21-18(20)22-17)11-23(19(24)25)10-13-7-8-15-12(2)5-4-6-14(15)9-13/h4-9H,3,10-11H2,1-2H3,(H,21,22). The maximum Gasteiger partial charge on any atom is 0.326 e. The van der Waals surface area contributed by atoms with Crippen LogP contribution in [0, 0.1) is 6.92 Å². The molecule has 2 amide bonds. The van der Waals surface area contributed by atoms with Gasteiger partial charge in [-0.3, -0.25) is 4.90 Å². The largest absolute Gasteiger partial charge is 0.333 e. The number of aromatic nitrogens is 2. The minimum absolute atomic E-state index is 0.00154. The number of nitrogens with zero attached hydrogens (tertiary/aromatic N) is 3. The van der Waals surface area contributed by atoms with E-state index in [1.165, 1.54) is 16.3 Å². The Hall–Kier alpha value is -2.34. The van der Waals surface area contributed by atoms with Crippen molar-refractivity contribution in [2.75, 3.05) is 11.4 Å². The predicted molar refractivity (Wildman–Crippen MR) is 103 cm³/mol. The van der Waals surface area contributed by atoms with E-state index in [1.54, 1.807) is 4.90 Å². The molecule has 0 saturated heterocycles. The molecule has 25 heavy (non-hydrogen) atoms. The highest BCUT2D eigenvalue weighted by Crippen LogP contribution is 2.29. The number of hydrogen-bond donors (Lipinski definition) is 1. The molecule has 0 aliphatic carbocycles. The lowest BCUT2D eigenvalue weighted by molar-refractivity contribution is 0.195. The Balaban J connectivity index is 1.65. The third-order valence-corrected chi connectivity index (χ3v) is 5.06. The van der Waals surface area contributed by atoms with Gasteiger partial charge in [-0.2, -0.15) is 0 Å². The number of anilines is 1. The second kappa shape index (κ2) is 6.19. The van der Waals surface area contributed by atoms with Crippen molar-refractivity contribution in [3.63, 3.8) is 0 Å². The SMILES string of the molecule is CCN1C(=O)N(Cc2ccc3c(C)cccc3c2)Cc2[nH]c(Br)nc21. The smallest absolute Gasteiger partial charge is 0.326 e. The molecule has 0 unspecified atom stereocenters. The average Bonchev–Trinajstić information content (AvgIpc) is 2.95. The summed E-state index contributed by atoms with van der Waals surface area (Å²) in [5.74, 6) is 0.727. The van der Waals surface area contributed by atoms with Crippen molar-refractivity contribution in [1.82, 2.24) is 14.9 Å². The highest BCUT2D eigenvalue weighted by atomic mass is 79.9. The molecule has 0 saturated carbocycles. The number of H-pyrrole nitrogens is 1. The predicted octanol–water partition coefficient (Wildman–Crippen LogP) is 4.60. The van der Waals surface area contributed by atoms with Crippen molar-refractivity contribution in [3.8, 4) is 0 Å². The highest BCUT2D eigenvalue weighted by Gasteiger charge is 2.32. The lowest BCUT2D eigenvalue weighted by Crippen LogP contribution is -2.46. The second-order valence-electron chi connectivity index (χ2n) is 6.34. The highest BCUT2D eigenvalue weighted by molar-refractivity contribution is 9.10. The van der Waals surface area contributed by atoms with Gasteiger partial charge in [0.1, 0.15) is 0 Å². The van der Waals surface area contributed by atoms with Crippen LogP contribution in [-0.2, 0) is 13.1 Å². The van der Waals surface area contributed by atoms with Gasteiger partial charge in [0.25, 0.3) is 0 Å². The van der Waals surface area contributed by atoms with Crippen LogP contribution >= 0.6 is 15.9 Å². The molecule has 0 radical (unpaired) electrons. The molecule has 5 nitrogen and oxygen atoms in total. The van der Waals surface area contributed by atoms with Crippen LogP contribution in [0.3, 0.4) is 0 Å². The summed E-state index contributed by atoms with van der Waals surface area (Å²) in [6, 6.07) is 12.7. The van der Waals surface area contributed by atoms with Crippen LogP contribution in [0.2, 0.25) is 0 Å². The molecule has 0 bridgehead atoms. The number of carbonyl (C=O) groups excluding carboxylic acids is 1. The summed E-state index contributed by atoms with van der Waals surface area (Å²) >= 11 is 3.37. The van der Waals surface area contributed by atoms with Crippen LogP contribution in [0.15, 0.2) is 41.1 Å². The van der Waals surface area contributed by atoms with Gasteiger partial charge >= 0.3 is 6.03 Å². The van der Waals surface area contributed by atoms with E-state index < -0.39 is 0 Å². The van der Waals surface area contributed by atoms with E-state index in [1.807, 2.05) is 11.8 Å². The third kappa shape index (κ3) is 2.80. The summed E-state index contributed by atoms with van der Waals surface area (Å²) in [7, 11) is 0. The van der Waals surface area contributed by atoms with Gasteiger partial charge in [0.2, 0.25) is 0 Å². The number of benzene rings is 2. The van der Waals surface area contributed by atoms with Crippen LogP contribution in [0.1, 0.15) is 23.7 Å². The van der Waals surface area contributed by atoms with Gasteiger partial charge in [0, 0.05) is 13.1 Å². The van der Waals surface area contributed by atoms with E-state index in [0.29, 0.717) is 24.4 Å². The number of hydrogen-bond acceptors (Lipinski definition) is 2. The molecule has 0 atom stereocenters. The molecule has 0 fully saturated rings. The van der Waals surface area contributed by atoms with Gasteiger partial charge < -0.3 is 9.88 Å². The first-order chi connectivity index (χ1) is 12.1. The number of fused-ring (bicyclic) bond motifs is 2. The molecule has 3 aromatic rings. The van der Waals surface area contributed by atoms with E-state index in [-0.39, 0.29) is 6.03 Å². The van der Waals surface area contributed by atoms with E-state index in [9.17, 15) is 4.79 Å². The average molecular weight is 399 g/mol. The van der Waals surface area contributed by atoms with Gasteiger partial charge in [-0.25, -0.2) is 9.78 Å². The maximum absolute atomic E-state index is 12.8. The number of imidazole rings is 1. The van der Waals surface area contributed by atoms with Crippen LogP contribution in [-0.4, -0.2) is 27.4 Å². The first-order valence-corrected chi connectivity index (χ1v) is 9.15. The molecular weight excluding hydrogens is 380 g/mol. The zero-order chi connectivity index (χ0) is 17.6. The number of aromatic amines is 1. The van der Waals surface area contributed by atoms with Crippen molar-refractivity contribution >= 4 is 38.6 Å². The number of carbonyl (C=O) groups is 1. The molecule has 2 aromatic carbocycles. The van der Waals surface area contributed by atoms with Crippen molar-refractivity contribution in [2.45, 2.75) is 26.9 Å². The molecule has 1 aliphatic heterocycles. The number of halogens is 1. The number of urea groups is 1. The van der Waals surface area contributed by atoms with Crippen molar-refractivity contribution in [3.05, 3.63) is 58.0 Å². The lowest BCUT2D eigenvalue weighted by atomic mass is 10.0. The van der Waals surface area contributed by atoms with Crippen LogP contribution in [0.4, 0.5) is 10.6 Å². The summed E-state index contributed by atoms with van der Waals surface area (Å²) in [4.78, 5) is 24.0. The summed E-state index contributed by atoms with van der Waals surface area (Å²) in [6.45, 7) is 5.79. The Morgan fingerprint density at radius 3 is 2.92 bits per heavy atom. The molecule has 4 rings (SSSR count). The van der Waals surface area contributed by atoms with E-state index in [2.05, 4.69) is 69.2 Å². The Morgan fingerprint density at radius 1 is 1.28 bits per heavy atom. The summed E-state index contributed by atoms with van der Waals surface area (Å²) in [5.41, 5.74) is 3.36. The number of nitrogens with one attached hydrogen (secondary N) is 1. The van der Waals surface area contributed by atoms with Gasteiger partial charge in [-0.1, -0.05) is 30.3 Å². The Morgan fingerprint density at radius 2 is 2.12 bits per heavy atom. The van der Waals surface area contributed by atoms with Crippen molar-refractivity contribution in [2.24, 2.45) is 0 Å². The maximum atomic E-state index is 12.8. The molecule has 1 aliphatic rings. The monoisotopic (exact) mass is 398 g/mol. The van der Waals surface area contributed by atoms with Gasteiger partial charge in [0.05, 0.1) is 12.2 Å². The Labute approximate surface area is 154 Å². The first kappa shape index (κ1) is 16.1. The first-order valence-electron chi connectivity index (χ1n) is 8.36. The Kier molecular flexibility index (Phi) is 4.00. The second-order valence-corrected chi connectivity index (χ2v) is 7.09. The van der Waals surface area contributed by atoms with Gasteiger partial charge in [-0.15, -0.1) is 0 Å². The van der Waals surface area contributed by atoms with E-state index in [4.69, 9.17) is 0 Å². The molecule has 0 spiro atoms. The fraction of sp³-hybridized carbons (Fsp3) is 0.263. The minimum atomic E-state index is -0.00154. The molecule has 1 aromatic heterocycles. The third-order valence-electron chi connectivity index (χ3n) is 4.69. The lowest BCUT2D eigenvalue weighted by Gasteiger charge is -2.33. The fourth-order valence-electron chi connectivity index (χ4n) is 3.44. The minimum Gasteiger partial charge on any atom is -0.333 e. The van der Waals surface area contributed by atoms with Crippen LogP contribution in [0.25, 0.3) is 10.8 Å².